The van der Waals surface area contributed by atoms with Gasteiger partial charge in [0.2, 0.25) is 5.91 Å². The van der Waals surface area contributed by atoms with Crippen molar-refractivity contribution < 1.29 is 4.79 Å². The highest BCUT2D eigenvalue weighted by atomic mass is 16.2. The van der Waals surface area contributed by atoms with Gasteiger partial charge in [-0.05, 0) is 19.3 Å². The predicted molar refractivity (Wildman–Crippen MR) is 50.7 cm³/mol. The minimum absolute atomic E-state index is 0.0238. The Morgan fingerprint density at radius 3 is 2.25 bits per heavy atom. The van der Waals surface area contributed by atoms with Crippen LogP contribution < -0.4 is 5.73 Å². The lowest BCUT2D eigenvalue weighted by atomic mass is 10.1. The second-order valence-electron chi connectivity index (χ2n) is 3.73. The highest BCUT2D eigenvalue weighted by Crippen LogP contribution is 2.01. The van der Waals surface area contributed by atoms with Crippen molar-refractivity contribution in [2.75, 3.05) is 13.6 Å². The summed E-state index contributed by atoms with van der Waals surface area (Å²) >= 11 is 0. The van der Waals surface area contributed by atoms with Gasteiger partial charge in [0.05, 0.1) is 6.04 Å². The van der Waals surface area contributed by atoms with Gasteiger partial charge < -0.3 is 10.6 Å². The molecule has 2 N–H and O–H groups in total. The number of likely N-dealkylation sites (N-methyl/N-ethyl adjacent to an activating group) is 1. The van der Waals surface area contributed by atoms with Gasteiger partial charge in [-0.25, -0.2) is 0 Å². The Balaban J connectivity index is 3.72. The van der Waals surface area contributed by atoms with Crippen molar-refractivity contribution in [2.45, 2.75) is 33.2 Å². The van der Waals surface area contributed by atoms with Crippen LogP contribution in [0.4, 0.5) is 0 Å². The molecule has 12 heavy (non-hydrogen) atoms. The Morgan fingerprint density at radius 2 is 1.92 bits per heavy atom. The van der Waals surface area contributed by atoms with Crippen LogP contribution >= 0.6 is 0 Å². The van der Waals surface area contributed by atoms with Crippen LogP contribution in [0.1, 0.15) is 27.2 Å². The van der Waals surface area contributed by atoms with Gasteiger partial charge in [0.15, 0.2) is 0 Å². The molecule has 0 aliphatic heterocycles. The second kappa shape index (κ2) is 5.14. The zero-order chi connectivity index (χ0) is 9.72. The van der Waals surface area contributed by atoms with E-state index in [0.29, 0.717) is 5.92 Å². The lowest BCUT2D eigenvalue weighted by Crippen LogP contribution is -2.40. The van der Waals surface area contributed by atoms with E-state index in [0.717, 1.165) is 13.0 Å². The van der Waals surface area contributed by atoms with Crippen molar-refractivity contribution in [2.24, 2.45) is 11.7 Å². The smallest absolute Gasteiger partial charge is 0.238 e. The summed E-state index contributed by atoms with van der Waals surface area (Å²) in [6, 6.07) is -0.373. The lowest BCUT2D eigenvalue weighted by molar-refractivity contribution is -0.131. The van der Waals surface area contributed by atoms with Crippen LogP contribution in [0, 0.1) is 5.92 Å². The number of hydrogen-bond donors (Lipinski definition) is 1. The zero-order valence-corrected chi connectivity index (χ0v) is 8.50. The van der Waals surface area contributed by atoms with Crippen LogP contribution in [0.2, 0.25) is 0 Å². The highest BCUT2D eigenvalue weighted by molar-refractivity contribution is 5.80. The van der Waals surface area contributed by atoms with Crippen molar-refractivity contribution in [3.05, 3.63) is 0 Å². The Hall–Kier alpha value is -0.570. The quantitative estimate of drug-likeness (QED) is 0.683. The van der Waals surface area contributed by atoms with E-state index in [1.165, 1.54) is 0 Å². The lowest BCUT2D eigenvalue weighted by Gasteiger charge is -2.19. The first-order valence-electron chi connectivity index (χ1n) is 4.45. The Morgan fingerprint density at radius 1 is 1.42 bits per heavy atom. The largest absolute Gasteiger partial charge is 0.344 e. The van der Waals surface area contributed by atoms with Crippen LogP contribution in [0.3, 0.4) is 0 Å². The molecule has 0 bridgehead atoms. The molecule has 0 heterocycles. The number of carbonyl (C=O) groups excluding carboxylic acids is 1. The maximum atomic E-state index is 11.3. The van der Waals surface area contributed by atoms with Crippen molar-refractivity contribution >= 4 is 5.91 Å². The molecule has 0 rings (SSSR count). The summed E-state index contributed by atoms with van der Waals surface area (Å²) in [5, 5.41) is 0. The van der Waals surface area contributed by atoms with E-state index in [4.69, 9.17) is 5.73 Å². The third kappa shape index (κ3) is 4.34. The summed E-state index contributed by atoms with van der Waals surface area (Å²) in [4.78, 5) is 13.0. The maximum absolute atomic E-state index is 11.3. The van der Waals surface area contributed by atoms with E-state index in [9.17, 15) is 4.79 Å². The van der Waals surface area contributed by atoms with Gasteiger partial charge in [0, 0.05) is 13.6 Å². The van der Waals surface area contributed by atoms with Crippen LogP contribution in [0.25, 0.3) is 0 Å². The first-order valence-corrected chi connectivity index (χ1v) is 4.45. The Labute approximate surface area is 74.9 Å². The number of hydrogen-bond acceptors (Lipinski definition) is 2. The summed E-state index contributed by atoms with van der Waals surface area (Å²) < 4.78 is 0. The number of nitrogens with zero attached hydrogens (tertiary/aromatic N) is 1. The van der Waals surface area contributed by atoms with Crippen LogP contribution in [-0.4, -0.2) is 30.4 Å². The van der Waals surface area contributed by atoms with E-state index in [-0.39, 0.29) is 11.9 Å². The van der Waals surface area contributed by atoms with Gasteiger partial charge in [-0.15, -0.1) is 0 Å². The number of rotatable bonds is 4. The van der Waals surface area contributed by atoms with E-state index in [2.05, 4.69) is 13.8 Å². The van der Waals surface area contributed by atoms with E-state index >= 15 is 0 Å². The maximum Gasteiger partial charge on any atom is 0.238 e. The number of carbonyl (C=O) groups is 1. The molecule has 0 fully saturated rings. The normalized spacial score (nSPS) is 13.2. The molecule has 0 aromatic heterocycles. The van der Waals surface area contributed by atoms with Crippen molar-refractivity contribution in [1.29, 1.82) is 0 Å². The molecule has 1 amide bonds. The average Bonchev–Trinajstić information content (AvgIpc) is 1.98. The van der Waals surface area contributed by atoms with Crippen LogP contribution in [0.15, 0.2) is 0 Å². The Kier molecular flexibility index (Phi) is 4.90. The molecule has 72 valence electrons. The third-order valence-electron chi connectivity index (χ3n) is 1.81. The van der Waals surface area contributed by atoms with Gasteiger partial charge in [0.25, 0.3) is 0 Å². The minimum atomic E-state index is -0.373. The molecule has 0 radical (unpaired) electrons. The molecule has 0 aromatic rings. The fourth-order valence-corrected chi connectivity index (χ4v) is 0.910. The number of amides is 1. The van der Waals surface area contributed by atoms with Crippen molar-refractivity contribution in [3.63, 3.8) is 0 Å². The zero-order valence-electron chi connectivity index (χ0n) is 8.50. The van der Waals surface area contributed by atoms with Gasteiger partial charge in [-0.3, -0.25) is 4.79 Å². The molecule has 0 spiro atoms. The van der Waals surface area contributed by atoms with Crippen molar-refractivity contribution in [3.8, 4) is 0 Å². The molecule has 3 heteroatoms. The molecular weight excluding hydrogens is 152 g/mol. The van der Waals surface area contributed by atoms with E-state index in [1.807, 2.05) is 0 Å². The molecule has 1 atom stereocenters. The standard InChI is InChI=1S/C9H20N2O/c1-7(2)5-6-11(4)9(12)8(3)10/h7-8H,5-6,10H2,1-4H3/t8-/m0/s1. The monoisotopic (exact) mass is 172 g/mol. The molecule has 0 aliphatic carbocycles. The van der Waals surface area contributed by atoms with E-state index in [1.54, 1.807) is 18.9 Å². The fourth-order valence-electron chi connectivity index (χ4n) is 0.910. The molecule has 0 aliphatic rings. The van der Waals surface area contributed by atoms with Gasteiger partial charge in [-0.1, -0.05) is 13.8 Å². The average molecular weight is 172 g/mol. The minimum Gasteiger partial charge on any atom is -0.344 e. The second-order valence-corrected chi connectivity index (χ2v) is 3.73. The van der Waals surface area contributed by atoms with Crippen LogP contribution in [0.5, 0.6) is 0 Å². The van der Waals surface area contributed by atoms with Crippen molar-refractivity contribution in [1.82, 2.24) is 4.90 Å². The topological polar surface area (TPSA) is 46.3 Å². The highest BCUT2D eigenvalue weighted by Gasteiger charge is 2.12. The number of nitrogens with two attached hydrogens (primary N) is 1. The first-order chi connectivity index (χ1) is 5.45. The van der Waals surface area contributed by atoms with Gasteiger partial charge in [-0.2, -0.15) is 0 Å². The third-order valence-corrected chi connectivity index (χ3v) is 1.81. The molecule has 3 nitrogen and oxygen atoms in total. The Bertz CT molecular complexity index is 143. The van der Waals surface area contributed by atoms with Gasteiger partial charge >= 0.3 is 0 Å². The summed E-state index contributed by atoms with van der Waals surface area (Å²) in [6.07, 6.45) is 1.04. The molecular formula is C9H20N2O. The first kappa shape index (κ1) is 11.4. The SMILES string of the molecule is CC(C)CCN(C)C(=O)[C@H](C)N. The van der Waals surface area contributed by atoms with Gasteiger partial charge in [0.1, 0.15) is 0 Å². The predicted octanol–water partition coefficient (Wildman–Crippen LogP) is 0.838. The summed E-state index contributed by atoms with van der Waals surface area (Å²) in [5.41, 5.74) is 5.45. The fraction of sp³-hybridized carbons (Fsp3) is 0.889. The molecule has 0 saturated carbocycles. The molecule has 0 unspecified atom stereocenters. The summed E-state index contributed by atoms with van der Waals surface area (Å²) in [7, 11) is 1.80. The van der Waals surface area contributed by atoms with Crippen LogP contribution in [-0.2, 0) is 4.79 Å². The van der Waals surface area contributed by atoms with E-state index < -0.39 is 0 Å². The summed E-state index contributed by atoms with van der Waals surface area (Å²) in [5.74, 6) is 0.656. The molecule has 0 aromatic carbocycles. The molecule has 0 saturated heterocycles. The summed E-state index contributed by atoms with van der Waals surface area (Å²) in [6.45, 7) is 6.81.